The Labute approximate surface area is 124 Å². The predicted molar refractivity (Wildman–Crippen MR) is 80.6 cm³/mol. The lowest BCUT2D eigenvalue weighted by Gasteiger charge is -2.03. The summed E-state index contributed by atoms with van der Waals surface area (Å²) in [7, 11) is 0. The van der Waals surface area contributed by atoms with Crippen molar-refractivity contribution in [3.8, 4) is 5.75 Å². The van der Waals surface area contributed by atoms with Crippen molar-refractivity contribution in [2.75, 3.05) is 11.9 Å². The number of phenolic OH excluding ortho intramolecular Hbond substituents is 1. The van der Waals surface area contributed by atoms with Gasteiger partial charge in [0.25, 0.3) is 0 Å². The summed E-state index contributed by atoms with van der Waals surface area (Å²) in [6, 6.07) is 4.59. The highest BCUT2D eigenvalue weighted by Crippen LogP contribution is 2.28. The zero-order chi connectivity index (χ0) is 14.7. The average molecular weight is 303 g/mol. The number of H-pyrrole nitrogens is 1. The van der Waals surface area contributed by atoms with Crippen LogP contribution in [0.1, 0.15) is 5.69 Å². The van der Waals surface area contributed by atoms with Crippen LogP contribution in [0, 0.1) is 0 Å². The maximum Gasteiger partial charge on any atom is 0.321 e. The minimum atomic E-state index is -0.308. The molecule has 2 aromatic heterocycles. The summed E-state index contributed by atoms with van der Waals surface area (Å²) in [6.07, 6.45) is 4.01. The Bertz CT molecular complexity index is 753. The predicted octanol–water partition coefficient (Wildman–Crippen LogP) is 2.09. The van der Waals surface area contributed by atoms with Gasteiger partial charge in [-0.1, -0.05) is 11.3 Å². The zero-order valence-corrected chi connectivity index (χ0v) is 11.8. The number of hydrogen-bond donors (Lipinski definition) is 4. The second-order valence-electron chi connectivity index (χ2n) is 4.38. The lowest BCUT2D eigenvalue weighted by Crippen LogP contribution is -2.30. The summed E-state index contributed by atoms with van der Waals surface area (Å²) in [5.41, 5.74) is 1.70. The molecule has 1 aromatic carbocycles. The highest BCUT2D eigenvalue weighted by atomic mass is 32.1. The van der Waals surface area contributed by atoms with E-state index in [0.717, 1.165) is 15.9 Å². The second kappa shape index (κ2) is 5.80. The molecule has 3 rings (SSSR count). The van der Waals surface area contributed by atoms with E-state index in [1.165, 1.54) is 11.3 Å². The number of aromatic nitrogens is 3. The van der Waals surface area contributed by atoms with E-state index in [0.29, 0.717) is 18.1 Å². The Morgan fingerprint density at radius 1 is 1.43 bits per heavy atom. The zero-order valence-electron chi connectivity index (χ0n) is 11.0. The minimum absolute atomic E-state index is 0.182. The van der Waals surface area contributed by atoms with E-state index in [9.17, 15) is 9.90 Å². The number of anilines is 1. The Balaban J connectivity index is 1.55. The number of aromatic amines is 1. The van der Waals surface area contributed by atoms with Crippen molar-refractivity contribution in [2.24, 2.45) is 0 Å². The van der Waals surface area contributed by atoms with Crippen LogP contribution in [0.4, 0.5) is 9.93 Å². The van der Waals surface area contributed by atoms with Gasteiger partial charge in [0.2, 0.25) is 0 Å². The molecule has 21 heavy (non-hydrogen) atoms. The third kappa shape index (κ3) is 3.29. The lowest BCUT2D eigenvalue weighted by molar-refractivity contribution is 0.252. The van der Waals surface area contributed by atoms with Crippen molar-refractivity contribution in [3.63, 3.8) is 0 Å². The van der Waals surface area contributed by atoms with Crippen LogP contribution in [-0.4, -0.2) is 32.6 Å². The third-order valence-electron chi connectivity index (χ3n) is 2.83. The molecular formula is C13H13N5O2S. The largest absolute Gasteiger partial charge is 0.508 e. The first kappa shape index (κ1) is 13.4. The van der Waals surface area contributed by atoms with Gasteiger partial charge in [-0.05, 0) is 18.2 Å². The van der Waals surface area contributed by atoms with Crippen LogP contribution >= 0.6 is 11.3 Å². The van der Waals surface area contributed by atoms with Gasteiger partial charge in [-0.2, -0.15) is 0 Å². The van der Waals surface area contributed by atoms with E-state index in [-0.39, 0.29) is 11.8 Å². The number of phenols is 1. The van der Waals surface area contributed by atoms with Gasteiger partial charge in [0.1, 0.15) is 5.75 Å². The minimum Gasteiger partial charge on any atom is -0.508 e. The van der Waals surface area contributed by atoms with E-state index >= 15 is 0 Å². The van der Waals surface area contributed by atoms with Gasteiger partial charge in [0.05, 0.1) is 16.5 Å². The molecule has 0 unspecified atom stereocenters. The normalized spacial score (nSPS) is 10.7. The van der Waals surface area contributed by atoms with Gasteiger partial charge < -0.3 is 15.4 Å². The summed E-state index contributed by atoms with van der Waals surface area (Å²) >= 11 is 1.31. The van der Waals surface area contributed by atoms with Gasteiger partial charge in [0.15, 0.2) is 5.13 Å². The van der Waals surface area contributed by atoms with Crippen LogP contribution in [0.2, 0.25) is 0 Å². The van der Waals surface area contributed by atoms with E-state index in [1.54, 1.807) is 30.7 Å². The fourth-order valence-corrected chi connectivity index (χ4v) is 2.73. The first-order valence-corrected chi connectivity index (χ1v) is 7.14. The number of carbonyl (C=O) groups excluding carboxylic acids is 1. The van der Waals surface area contributed by atoms with Gasteiger partial charge in [0, 0.05) is 24.9 Å². The molecule has 0 bridgehead atoms. The summed E-state index contributed by atoms with van der Waals surface area (Å²) < 4.78 is 0.822. The third-order valence-corrected chi connectivity index (χ3v) is 3.76. The molecule has 0 fully saturated rings. The van der Waals surface area contributed by atoms with Gasteiger partial charge >= 0.3 is 6.03 Å². The van der Waals surface area contributed by atoms with Crippen LogP contribution < -0.4 is 10.6 Å². The number of aromatic hydroxyl groups is 1. The molecule has 0 saturated carbocycles. The standard InChI is InChI=1S/C13H13N5O2S/c19-9-1-2-10-11(5-9)21-13(17-10)18-12(20)15-4-3-8-6-14-7-16-8/h1-2,5-7,19H,3-4H2,(H,14,16)(H2,15,17,18,20). The number of hydrogen-bond acceptors (Lipinski definition) is 5. The first-order valence-electron chi connectivity index (χ1n) is 6.32. The van der Waals surface area contributed by atoms with Crippen molar-refractivity contribution < 1.29 is 9.90 Å². The molecule has 8 heteroatoms. The maximum atomic E-state index is 11.8. The highest BCUT2D eigenvalue weighted by molar-refractivity contribution is 7.22. The monoisotopic (exact) mass is 303 g/mol. The molecular weight excluding hydrogens is 290 g/mol. The molecule has 7 nitrogen and oxygen atoms in total. The molecule has 2 heterocycles. The van der Waals surface area contributed by atoms with E-state index in [4.69, 9.17) is 0 Å². The summed E-state index contributed by atoms with van der Waals surface area (Å²) in [5, 5.41) is 15.3. The summed E-state index contributed by atoms with van der Waals surface area (Å²) in [4.78, 5) is 22.9. The van der Waals surface area contributed by atoms with Crippen LogP contribution in [0.3, 0.4) is 0 Å². The average Bonchev–Trinajstić information content (AvgIpc) is 3.07. The quantitative estimate of drug-likeness (QED) is 0.592. The molecule has 0 saturated heterocycles. The van der Waals surface area contributed by atoms with Crippen LogP contribution in [-0.2, 0) is 6.42 Å². The lowest BCUT2D eigenvalue weighted by atomic mass is 10.3. The SMILES string of the molecule is O=C(NCCc1cnc[nH]1)Nc1nc2ccc(O)cc2s1. The van der Waals surface area contributed by atoms with Crippen LogP contribution in [0.15, 0.2) is 30.7 Å². The van der Waals surface area contributed by atoms with Crippen molar-refractivity contribution in [1.82, 2.24) is 20.3 Å². The Hall–Kier alpha value is -2.61. The summed E-state index contributed by atoms with van der Waals surface area (Å²) in [6.45, 7) is 0.500. The molecule has 0 aliphatic carbocycles. The Kier molecular flexibility index (Phi) is 3.69. The van der Waals surface area contributed by atoms with E-state index in [1.807, 2.05) is 0 Å². The molecule has 0 atom stereocenters. The van der Waals surface area contributed by atoms with Crippen molar-refractivity contribution >= 4 is 32.7 Å². The molecule has 2 amide bonds. The molecule has 0 aliphatic heterocycles. The Morgan fingerprint density at radius 2 is 2.33 bits per heavy atom. The fourth-order valence-electron chi connectivity index (χ4n) is 1.84. The van der Waals surface area contributed by atoms with Crippen molar-refractivity contribution in [2.45, 2.75) is 6.42 Å². The van der Waals surface area contributed by atoms with Gasteiger partial charge in [-0.15, -0.1) is 0 Å². The second-order valence-corrected chi connectivity index (χ2v) is 5.41. The van der Waals surface area contributed by atoms with E-state index in [2.05, 4.69) is 25.6 Å². The van der Waals surface area contributed by atoms with Crippen molar-refractivity contribution in [3.05, 3.63) is 36.4 Å². The summed E-state index contributed by atoms with van der Waals surface area (Å²) in [5.74, 6) is 0.182. The Morgan fingerprint density at radius 3 is 3.14 bits per heavy atom. The molecule has 3 aromatic rings. The van der Waals surface area contributed by atoms with Crippen LogP contribution in [0.5, 0.6) is 5.75 Å². The van der Waals surface area contributed by atoms with Crippen LogP contribution in [0.25, 0.3) is 10.2 Å². The van der Waals surface area contributed by atoms with Gasteiger partial charge in [-0.25, -0.2) is 14.8 Å². The highest BCUT2D eigenvalue weighted by Gasteiger charge is 2.08. The number of rotatable bonds is 4. The van der Waals surface area contributed by atoms with Gasteiger partial charge in [-0.3, -0.25) is 5.32 Å². The number of carbonyl (C=O) groups is 1. The fraction of sp³-hybridized carbons (Fsp3) is 0.154. The topological polar surface area (TPSA) is 103 Å². The number of fused-ring (bicyclic) bond motifs is 1. The number of nitrogens with one attached hydrogen (secondary N) is 3. The van der Waals surface area contributed by atoms with E-state index < -0.39 is 0 Å². The smallest absolute Gasteiger partial charge is 0.321 e. The molecule has 0 aliphatic rings. The van der Waals surface area contributed by atoms with Crippen molar-refractivity contribution in [1.29, 1.82) is 0 Å². The molecule has 108 valence electrons. The maximum absolute atomic E-state index is 11.8. The number of urea groups is 1. The number of amides is 2. The molecule has 0 spiro atoms. The number of nitrogens with zero attached hydrogens (tertiary/aromatic N) is 2. The molecule has 4 N–H and O–H groups in total. The first-order chi connectivity index (χ1) is 10.2. The number of benzene rings is 1. The molecule has 0 radical (unpaired) electrons. The number of imidazole rings is 1. The number of thiazole rings is 1.